The molecule has 0 aliphatic carbocycles. The second-order valence-electron chi connectivity index (χ2n) is 2.43. The molecule has 1 aromatic rings. The highest BCUT2D eigenvalue weighted by Gasteiger charge is 2.07. The van der Waals surface area contributed by atoms with Crippen LogP contribution < -0.4 is 5.73 Å². The number of nitrogens with one attached hydrogen (secondary N) is 1. The standard InChI is InChI=1S/C8H8N4O2.C2H6/c9-3-7(4-10)6-1-2-8(11-5-6)12(13)14;1-2/h1-5,9H,10H2;1-2H3/b7-4+,9-3?;. The van der Waals surface area contributed by atoms with E-state index in [1.165, 1.54) is 24.5 Å². The molecule has 6 nitrogen and oxygen atoms in total. The second-order valence-corrected chi connectivity index (χ2v) is 2.43. The summed E-state index contributed by atoms with van der Waals surface area (Å²) < 4.78 is 0. The van der Waals surface area contributed by atoms with Gasteiger partial charge in [-0.1, -0.05) is 13.8 Å². The van der Waals surface area contributed by atoms with Crippen LogP contribution in [0.1, 0.15) is 19.4 Å². The summed E-state index contributed by atoms with van der Waals surface area (Å²) >= 11 is 0. The van der Waals surface area contributed by atoms with Crippen LogP contribution in [0.3, 0.4) is 0 Å². The number of pyridine rings is 1. The minimum atomic E-state index is -0.583. The quantitative estimate of drug-likeness (QED) is 0.463. The van der Waals surface area contributed by atoms with Crippen molar-refractivity contribution in [2.24, 2.45) is 5.73 Å². The fraction of sp³-hybridized carbons (Fsp3) is 0.200. The van der Waals surface area contributed by atoms with Gasteiger partial charge in [-0.05, 0) is 16.0 Å². The van der Waals surface area contributed by atoms with Crippen molar-refractivity contribution in [3.63, 3.8) is 0 Å². The van der Waals surface area contributed by atoms with E-state index in [2.05, 4.69) is 4.98 Å². The van der Waals surface area contributed by atoms with Crippen LogP contribution in [0.4, 0.5) is 5.82 Å². The minimum Gasteiger partial charge on any atom is -0.404 e. The Morgan fingerprint density at radius 3 is 2.50 bits per heavy atom. The summed E-state index contributed by atoms with van der Waals surface area (Å²) in [7, 11) is 0. The van der Waals surface area contributed by atoms with E-state index >= 15 is 0 Å². The predicted molar refractivity (Wildman–Crippen MR) is 63.2 cm³/mol. The van der Waals surface area contributed by atoms with E-state index in [0.29, 0.717) is 11.1 Å². The van der Waals surface area contributed by atoms with E-state index in [0.717, 1.165) is 6.21 Å². The largest absolute Gasteiger partial charge is 0.404 e. The molecule has 0 aliphatic heterocycles. The Kier molecular flexibility index (Phi) is 6.11. The van der Waals surface area contributed by atoms with Gasteiger partial charge in [0.1, 0.15) is 6.20 Å². The Morgan fingerprint density at radius 2 is 2.19 bits per heavy atom. The molecule has 1 aromatic heterocycles. The third kappa shape index (κ3) is 3.49. The summed E-state index contributed by atoms with van der Waals surface area (Å²) in [6.45, 7) is 4.00. The van der Waals surface area contributed by atoms with Crippen molar-refractivity contribution in [2.75, 3.05) is 0 Å². The Morgan fingerprint density at radius 1 is 1.56 bits per heavy atom. The lowest BCUT2D eigenvalue weighted by Gasteiger charge is -1.96. The first-order chi connectivity index (χ1) is 7.69. The van der Waals surface area contributed by atoms with Crippen LogP contribution in [0.5, 0.6) is 0 Å². The van der Waals surface area contributed by atoms with Gasteiger partial charge in [0.25, 0.3) is 0 Å². The van der Waals surface area contributed by atoms with Crippen molar-refractivity contribution in [3.05, 3.63) is 40.2 Å². The first kappa shape index (κ1) is 13.8. The third-order valence-corrected chi connectivity index (χ3v) is 1.60. The molecule has 1 rings (SSSR count). The summed E-state index contributed by atoms with van der Waals surface area (Å²) in [4.78, 5) is 13.3. The Bertz CT molecular complexity index is 384. The normalized spacial score (nSPS) is 10.0. The van der Waals surface area contributed by atoms with Crippen LogP contribution >= 0.6 is 0 Å². The highest BCUT2D eigenvalue weighted by Crippen LogP contribution is 2.13. The summed E-state index contributed by atoms with van der Waals surface area (Å²) in [5.74, 6) is -0.227. The Hall–Kier alpha value is -2.24. The van der Waals surface area contributed by atoms with Crippen LogP contribution in [-0.2, 0) is 0 Å². The zero-order valence-corrected chi connectivity index (χ0v) is 9.18. The van der Waals surface area contributed by atoms with Gasteiger partial charge in [-0.15, -0.1) is 0 Å². The Labute approximate surface area is 93.5 Å². The van der Waals surface area contributed by atoms with Gasteiger partial charge in [-0.3, -0.25) is 0 Å². The molecule has 0 fully saturated rings. The predicted octanol–water partition coefficient (Wildman–Crippen LogP) is 1.97. The fourth-order valence-electron chi connectivity index (χ4n) is 0.892. The van der Waals surface area contributed by atoms with Gasteiger partial charge >= 0.3 is 5.82 Å². The molecule has 6 heteroatoms. The van der Waals surface area contributed by atoms with E-state index in [4.69, 9.17) is 11.1 Å². The summed E-state index contributed by atoms with van der Waals surface area (Å²) in [6.07, 6.45) is 3.61. The number of rotatable bonds is 3. The molecule has 3 N–H and O–H groups in total. The lowest BCUT2D eigenvalue weighted by Crippen LogP contribution is -1.95. The topological polar surface area (TPSA) is 106 Å². The average Bonchev–Trinajstić information content (AvgIpc) is 2.34. The fourth-order valence-corrected chi connectivity index (χ4v) is 0.892. The van der Waals surface area contributed by atoms with Crippen molar-refractivity contribution in [1.82, 2.24) is 4.98 Å². The van der Waals surface area contributed by atoms with Crippen molar-refractivity contribution >= 4 is 17.6 Å². The number of allylic oxidation sites excluding steroid dienone is 1. The van der Waals surface area contributed by atoms with Gasteiger partial charge in [0.2, 0.25) is 0 Å². The maximum absolute atomic E-state index is 10.3. The van der Waals surface area contributed by atoms with Gasteiger partial charge in [-0.25, -0.2) is 0 Å². The van der Waals surface area contributed by atoms with Crippen LogP contribution in [0.15, 0.2) is 24.5 Å². The smallest absolute Gasteiger partial charge is 0.363 e. The highest BCUT2D eigenvalue weighted by molar-refractivity contribution is 6.07. The molecule has 0 atom stereocenters. The lowest BCUT2D eigenvalue weighted by molar-refractivity contribution is -0.389. The first-order valence-electron chi connectivity index (χ1n) is 4.72. The van der Waals surface area contributed by atoms with E-state index in [1.54, 1.807) is 0 Å². The van der Waals surface area contributed by atoms with E-state index in [-0.39, 0.29) is 5.82 Å². The zero-order valence-electron chi connectivity index (χ0n) is 9.18. The van der Waals surface area contributed by atoms with Crippen molar-refractivity contribution in [1.29, 1.82) is 5.41 Å². The maximum Gasteiger partial charge on any atom is 0.363 e. The van der Waals surface area contributed by atoms with E-state index in [1.807, 2.05) is 13.8 Å². The third-order valence-electron chi connectivity index (χ3n) is 1.60. The molecule has 0 bridgehead atoms. The first-order valence-corrected chi connectivity index (χ1v) is 4.72. The molecule has 0 saturated heterocycles. The van der Waals surface area contributed by atoms with Crippen molar-refractivity contribution in [3.8, 4) is 0 Å². The zero-order chi connectivity index (χ0) is 12.6. The van der Waals surface area contributed by atoms with Gasteiger partial charge in [0, 0.05) is 29.6 Å². The molecular weight excluding hydrogens is 208 g/mol. The van der Waals surface area contributed by atoms with Gasteiger partial charge in [0.15, 0.2) is 0 Å². The molecule has 0 radical (unpaired) electrons. The number of hydrogen-bond donors (Lipinski definition) is 2. The summed E-state index contributed by atoms with van der Waals surface area (Å²) in [5.41, 5.74) is 6.28. The molecular formula is C10H14N4O2. The molecule has 86 valence electrons. The number of nitrogens with two attached hydrogens (primary N) is 1. The minimum absolute atomic E-state index is 0.227. The van der Waals surface area contributed by atoms with E-state index < -0.39 is 4.92 Å². The van der Waals surface area contributed by atoms with Crippen LogP contribution in [0, 0.1) is 15.5 Å². The van der Waals surface area contributed by atoms with Gasteiger partial charge in [0.05, 0.1) is 0 Å². The second kappa shape index (κ2) is 7.10. The summed E-state index contributed by atoms with van der Waals surface area (Å²) in [5, 5.41) is 17.3. The van der Waals surface area contributed by atoms with Gasteiger partial charge < -0.3 is 21.3 Å². The highest BCUT2D eigenvalue weighted by atomic mass is 16.6. The van der Waals surface area contributed by atoms with Gasteiger partial charge in [-0.2, -0.15) is 0 Å². The molecule has 16 heavy (non-hydrogen) atoms. The monoisotopic (exact) mass is 222 g/mol. The lowest BCUT2D eigenvalue weighted by atomic mass is 10.1. The number of nitrogens with zero attached hydrogens (tertiary/aromatic N) is 2. The van der Waals surface area contributed by atoms with E-state index in [9.17, 15) is 10.1 Å². The van der Waals surface area contributed by atoms with Crippen molar-refractivity contribution in [2.45, 2.75) is 13.8 Å². The Balaban J connectivity index is 0.00000106. The molecule has 0 unspecified atom stereocenters. The molecule has 0 saturated carbocycles. The molecule has 1 heterocycles. The SMILES string of the molecule is CC.N=C/C(=C\N)c1ccc([N+](=O)[O-])nc1. The van der Waals surface area contributed by atoms with Crippen molar-refractivity contribution < 1.29 is 4.92 Å². The maximum atomic E-state index is 10.3. The number of nitro groups is 1. The number of hydrogen-bond acceptors (Lipinski definition) is 5. The van der Waals surface area contributed by atoms with Crippen LogP contribution in [0.2, 0.25) is 0 Å². The molecule has 0 amide bonds. The molecule has 0 aromatic carbocycles. The van der Waals surface area contributed by atoms with Crippen LogP contribution in [-0.4, -0.2) is 16.1 Å². The molecule has 0 aliphatic rings. The number of aromatic nitrogens is 1. The summed E-state index contributed by atoms with van der Waals surface area (Å²) in [6, 6.07) is 2.76. The van der Waals surface area contributed by atoms with Crippen LogP contribution in [0.25, 0.3) is 5.57 Å². The molecule has 0 spiro atoms. The average molecular weight is 222 g/mol.